The van der Waals surface area contributed by atoms with Crippen molar-refractivity contribution in [2.24, 2.45) is 0 Å². The van der Waals surface area contributed by atoms with Gasteiger partial charge in [-0.2, -0.15) is 0 Å². The van der Waals surface area contributed by atoms with Gasteiger partial charge in [0.05, 0.1) is 0 Å². The van der Waals surface area contributed by atoms with Gasteiger partial charge in [0.15, 0.2) is 0 Å². The molecule has 3 aromatic rings. The lowest BCUT2D eigenvalue weighted by Gasteiger charge is -2.20. The largest absolute Gasteiger partial charge is 0.366 e. The van der Waals surface area contributed by atoms with Crippen LogP contribution < -0.4 is 10.2 Å². The monoisotopic (exact) mass is 450 g/mol. The quantitative estimate of drug-likeness (QED) is 0.367. The van der Waals surface area contributed by atoms with Crippen molar-refractivity contribution in [1.82, 2.24) is 9.97 Å². The van der Waals surface area contributed by atoms with Crippen molar-refractivity contribution < 1.29 is 0 Å². The number of fused-ring (bicyclic) bond motifs is 1. The zero-order valence-electron chi connectivity index (χ0n) is 20.7. The van der Waals surface area contributed by atoms with Crippen molar-refractivity contribution in [2.75, 3.05) is 10.2 Å². The highest BCUT2D eigenvalue weighted by Gasteiger charge is 2.22. The average Bonchev–Trinajstić information content (AvgIpc) is 3.28. The summed E-state index contributed by atoms with van der Waals surface area (Å²) in [6.45, 7) is 11.0. The highest BCUT2D eigenvalue weighted by molar-refractivity contribution is 5.76. The Hall–Kier alpha value is -3.66. The fourth-order valence-corrected chi connectivity index (χ4v) is 4.46. The molecule has 0 aliphatic carbocycles. The second kappa shape index (κ2) is 11.0. The maximum Gasteiger partial charge on any atom is 0.137 e. The number of benzene rings is 2. The topological polar surface area (TPSA) is 41.1 Å². The Morgan fingerprint density at radius 2 is 1.74 bits per heavy atom. The van der Waals surface area contributed by atoms with E-state index in [1.807, 2.05) is 0 Å². The highest BCUT2D eigenvalue weighted by Crippen LogP contribution is 2.31. The molecule has 0 unspecified atom stereocenters. The van der Waals surface area contributed by atoms with E-state index in [9.17, 15) is 0 Å². The fourth-order valence-electron chi connectivity index (χ4n) is 4.46. The maximum atomic E-state index is 4.60. The number of nitrogens with one attached hydrogen (secondary N) is 1. The van der Waals surface area contributed by atoms with Crippen molar-refractivity contribution in [3.63, 3.8) is 0 Å². The molecule has 4 heteroatoms. The molecule has 2 aromatic carbocycles. The summed E-state index contributed by atoms with van der Waals surface area (Å²) in [4.78, 5) is 11.4. The number of hydrogen-bond donors (Lipinski definition) is 1. The van der Waals surface area contributed by atoms with E-state index in [4.69, 9.17) is 0 Å². The van der Waals surface area contributed by atoms with Crippen LogP contribution in [-0.2, 0) is 19.6 Å². The molecule has 0 amide bonds. The molecule has 0 saturated carbocycles. The molecule has 1 aromatic heterocycles. The first-order valence-corrected chi connectivity index (χ1v) is 12.1. The first-order valence-electron chi connectivity index (χ1n) is 12.1. The molecule has 34 heavy (non-hydrogen) atoms. The van der Waals surface area contributed by atoms with Gasteiger partial charge in [0.2, 0.25) is 0 Å². The SMILES string of the molecule is C\C=C/C(=C\C(C)=C\CC)c1ccc(CNc2ncnc(N3Cc4ccccc4C3)c2C)cc1. The number of hydrogen-bond acceptors (Lipinski definition) is 4. The van der Waals surface area contributed by atoms with E-state index < -0.39 is 0 Å². The zero-order chi connectivity index (χ0) is 23.9. The normalized spacial score (nSPS) is 14.1. The second-order valence-corrected chi connectivity index (χ2v) is 8.80. The molecule has 4 rings (SSSR count). The van der Waals surface area contributed by atoms with Crippen LogP contribution in [0.3, 0.4) is 0 Å². The van der Waals surface area contributed by atoms with E-state index in [1.54, 1.807) is 6.33 Å². The molecular formula is C30H34N4. The first-order chi connectivity index (χ1) is 16.6. The molecule has 1 aliphatic heterocycles. The Morgan fingerprint density at radius 1 is 1.03 bits per heavy atom. The lowest BCUT2D eigenvalue weighted by Crippen LogP contribution is -2.18. The smallest absolute Gasteiger partial charge is 0.137 e. The molecule has 0 spiro atoms. The van der Waals surface area contributed by atoms with E-state index in [1.165, 1.54) is 33.4 Å². The summed E-state index contributed by atoms with van der Waals surface area (Å²) in [7, 11) is 0. The first kappa shape index (κ1) is 23.5. The molecule has 0 radical (unpaired) electrons. The number of rotatable bonds is 8. The van der Waals surface area contributed by atoms with Crippen molar-refractivity contribution in [3.05, 3.63) is 113 Å². The van der Waals surface area contributed by atoms with Crippen LogP contribution in [0.5, 0.6) is 0 Å². The summed E-state index contributed by atoms with van der Waals surface area (Å²) < 4.78 is 0. The van der Waals surface area contributed by atoms with Crippen LogP contribution in [0.1, 0.15) is 55.0 Å². The third-order valence-corrected chi connectivity index (χ3v) is 6.20. The Bertz CT molecular complexity index is 1190. The minimum absolute atomic E-state index is 0.717. The third-order valence-electron chi connectivity index (χ3n) is 6.20. The third kappa shape index (κ3) is 5.45. The van der Waals surface area contributed by atoms with Crippen molar-refractivity contribution >= 4 is 17.2 Å². The Morgan fingerprint density at radius 3 is 2.38 bits per heavy atom. The molecule has 1 aliphatic rings. The number of anilines is 2. The van der Waals surface area contributed by atoms with Gasteiger partial charge in [-0.05, 0) is 55.0 Å². The molecule has 4 nitrogen and oxygen atoms in total. The molecule has 174 valence electrons. The van der Waals surface area contributed by atoms with Crippen LogP contribution in [-0.4, -0.2) is 9.97 Å². The molecule has 0 atom stereocenters. The van der Waals surface area contributed by atoms with Crippen LogP contribution >= 0.6 is 0 Å². The van der Waals surface area contributed by atoms with Crippen molar-refractivity contribution in [2.45, 2.75) is 53.8 Å². The Kier molecular flexibility index (Phi) is 7.58. The van der Waals surface area contributed by atoms with Crippen molar-refractivity contribution in [1.29, 1.82) is 0 Å². The van der Waals surface area contributed by atoms with Crippen molar-refractivity contribution in [3.8, 4) is 0 Å². The lowest BCUT2D eigenvalue weighted by atomic mass is 10.0. The van der Waals surface area contributed by atoms with Gasteiger partial charge in [-0.3, -0.25) is 0 Å². The summed E-state index contributed by atoms with van der Waals surface area (Å²) in [6, 6.07) is 17.4. The highest BCUT2D eigenvalue weighted by atomic mass is 15.2. The van der Waals surface area contributed by atoms with E-state index in [0.717, 1.165) is 43.3 Å². The average molecular weight is 451 g/mol. The van der Waals surface area contributed by atoms with E-state index in [2.05, 4.69) is 121 Å². The Balaban J connectivity index is 1.45. The summed E-state index contributed by atoms with van der Waals surface area (Å²) in [5, 5.41) is 3.52. The van der Waals surface area contributed by atoms with E-state index in [0.29, 0.717) is 0 Å². The van der Waals surface area contributed by atoms with Gasteiger partial charge < -0.3 is 10.2 Å². The standard InChI is InChI=1S/C30H34N4/c1-5-9-22(3)17-26(10-6-2)25-15-13-24(14-16-25)18-31-29-23(4)30(33-21-32-29)34-19-27-11-7-8-12-28(27)20-34/h6-17,21H,5,18-20H2,1-4H3,(H,31,32,33)/b10-6-,22-9+,26-17+. The molecule has 1 N–H and O–H groups in total. The van der Waals surface area contributed by atoms with Crippen LogP contribution in [0.15, 0.2) is 84.7 Å². The molecule has 0 fully saturated rings. The van der Waals surface area contributed by atoms with Crippen LogP contribution in [0, 0.1) is 6.92 Å². The van der Waals surface area contributed by atoms with Gasteiger partial charge >= 0.3 is 0 Å². The minimum atomic E-state index is 0.717. The summed E-state index contributed by atoms with van der Waals surface area (Å²) in [5.41, 5.74) is 8.80. The summed E-state index contributed by atoms with van der Waals surface area (Å²) in [6.07, 6.45) is 11.5. The predicted octanol–water partition coefficient (Wildman–Crippen LogP) is 7.23. The van der Waals surface area contributed by atoms with Gasteiger partial charge in [0.1, 0.15) is 18.0 Å². The van der Waals surface area contributed by atoms with Gasteiger partial charge in [0.25, 0.3) is 0 Å². The minimum Gasteiger partial charge on any atom is -0.366 e. The molecule has 0 saturated heterocycles. The van der Waals surface area contributed by atoms with E-state index in [-0.39, 0.29) is 0 Å². The summed E-state index contributed by atoms with van der Waals surface area (Å²) >= 11 is 0. The van der Waals surface area contributed by atoms with Gasteiger partial charge in [-0.1, -0.05) is 85.3 Å². The van der Waals surface area contributed by atoms with Crippen LogP contribution in [0.4, 0.5) is 11.6 Å². The van der Waals surface area contributed by atoms with E-state index >= 15 is 0 Å². The number of allylic oxidation sites excluding steroid dienone is 6. The molecular weight excluding hydrogens is 416 g/mol. The Labute approximate surface area is 203 Å². The maximum absolute atomic E-state index is 4.60. The van der Waals surface area contributed by atoms with Gasteiger partial charge in [-0.15, -0.1) is 0 Å². The zero-order valence-corrected chi connectivity index (χ0v) is 20.7. The molecule has 2 heterocycles. The lowest BCUT2D eigenvalue weighted by molar-refractivity contribution is 0.843. The molecule has 0 bridgehead atoms. The van der Waals surface area contributed by atoms with Gasteiger partial charge in [0, 0.05) is 25.2 Å². The van der Waals surface area contributed by atoms with Crippen LogP contribution in [0.25, 0.3) is 5.57 Å². The predicted molar refractivity (Wildman–Crippen MR) is 144 cm³/mol. The second-order valence-electron chi connectivity index (χ2n) is 8.80. The van der Waals surface area contributed by atoms with Gasteiger partial charge in [-0.25, -0.2) is 9.97 Å². The summed E-state index contributed by atoms with van der Waals surface area (Å²) in [5.74, 6) is 1.89. The van der Waals surface area contributed by atoms with Crippen LogP contribution in [0.2, 0.25) is 0 Å². The number of nitrogens with zero attached hydrogens (tertiary/aromatic N) is 3. The number of aromatic nitrogens is 2. The fraction of sp³-hybridized carbons (Fsp3) is 0.267.